The number of primary sulfonamides is 1. The van der Waals surface area contributed by atoms with E-state index in [1.165, 1.54) is 9.64 Å². The summed E-state index contributed by atoms with van der Waals surface area (Å²) in [7, 11) is -3.70. The van der Waals surface area contributed by atoms with Gasteiger partial charge in [0.15, 0.2) is 0 Å². The van der Waals surface area contributed by atoms with Gasteiger partial charge in [0, 0.05) is 3.57 Å². The Labute approximate surface area is 138 Å². The van der Waals surface area contributed by atoms with Crippen molar-refractivity contribution in [2.24, 2.45) is 5.14 Å². The Bertz CT molecular complexity index is 755. The minimum absolute atomic E-state index is 0.140. The number of halogens is 1. The molecule has 0 radical (unpaired) electrons. The van der Waals surface area contributed by atoms with Gasteiger partial charge in [-0.05, 0) is 77.4 Å². The molecule has 0 unspecified atom stereocenters. The van der Waals surface area contributed by atoms with Crippen LogP contribution in [-0.4, -0.2) is 8.42 Å². The van der Waals surface area contributed by atoms with E-state index in [1.807, 2.05) is 31.2 Å². The molecule has 2 N–H and O–H groups in total. The average molecular weight is 417 g/mol. The zero-order valence-corrected chi connectivity index (χ0v) is 14.7. The molecule has 0 aliphatic carbocycles. The van der Waals surface area contributed by atoms with Crippen LogP contribution in [0.4, 0.5) is 0 Å². The molecule has 4 nitrogen and oxygen atoms in total. The second-order valence-corrected chi connectivity index (χ2v) is 7.55. The smallest absolute Gasteiger partial charge is 0.238 e. The Kier molecular flexibility index (Phi) is 4.90. The summed E-state index contributed by atoms with van der Waals surface area (Å²) >= 11 is 2.25. The van der Waals surface area contributed by atoms with Crippen molar-refractivity contribution in [3.05, 3.63) is 56.7 Å². The second kappa shape index (κ2) is 6.33. The van der Waals surface area contributed by atoms with Crippen LogP contribution in [0, 0.1) is 17.4 Å². The third-order valence-electron chi connectivity index (χ3n) is 3.30. The topological polar surface area (TPSA) is 69.4 Å². The predicted octanol–water partition coefficient (Wildman–Crippen LogP) is 3.13. The van der Waals surface area contributed by atoms with Gasteiger partial charge in [0.1, 0.15) is 12.4 Å². The van der Waals surface area contributed by atoms with Crippen molar-refractivity contribution in [2.45, 2.75) is 25.3 Å². The Morgan fingerprint density at radius 3 is 2.24 bits per heavy atom. The van der Waals surface area contributed by atoms with Gasteiger partial charge < -0.3 is 4.74 Å². The molecule has 6 heteroatoms. The minimum Gasteiger partial charge on any atom is -0.489 e. The van der Waals surface area contributed by atoms with E-state index >= 15 is 0 Å². The highest BCUT2D eigenvalue weighted by molar-refractivity contribution is 14.1. The Morgan fingerprint density at radius 1 is 1.05 bits per heavy atom. The fraction of sp³-hybridized carbons (Fsp3) is 0.200. The molecule has 0 amide bonds. The summed E-state index contributed by atoms with van der Waals surface area (Å²) in [5.41, 5.74) is 2.47. The van der Waals surface area contributed by atoms with E-state index in [0.717, 1.165) is 11.1 Å². The number of nitrogens with two attached hydrogens (primary N) is 1. The van der Waals surface area contributed by atoms with Crippen molar-refractivity contribution >= 4 is 32.6 Å². The van der Waals surface area contributed by atoms with Crippen LogP contribution < -0.4 is 9.88 Å². The van der Waals surface area contributed by atoms with Gasteiger partial charge in [0.25, 0.3) is 0 Å². The zero-order valence-electron chi connectivity index (χ0n) is 11.8. The van der Waals surface area contributed by atoms with Crippen molar-refractivity contribution in [3.8, 4) is 5.75 Å². The summed E-state index contributed by atoms with van der Waals surface area (Å²) < 4.78 is 29.9. The minimum atomic E-state index is -3.70. The third kappa shape index (κ3) is 3.96. The van der Waals surface area contributed by atoms with Crippen LogP contribution in [0.1, 0.15) is 16.7 Å². The molecule has 0 atom stereocenters. The molecule has 0 fully saturated rings. The Balaban J connectivity index is 2.22. The van der Waals surface area contributed by atoms with E-state index in [4.69, 9.17) is 9.88 Å². The molecule has 2 rings (SSSR count). The number of hydrogen-bond acceptors (Lipinski definition) is 3. The standard InChI is InChI=1S/C15H16INO3S/c1-10-11(2)15(21(17,18)19)8-7-14(10)20-9-12-3-5-13(16)6-4-12/h3-8H,9H2,1-2H3,(H2,17,18,19). The third-order valence-corrected chi connectivity index (χ3v) is 5.08. The van der Waals surface area contributed by atoms with E-state index in [0.29, 0.717) is 17.9 Å². The van der Waals surface area contributed by atoms with Gasteiger partial charge in [0.2, 0.25) is 10.0 Å². The van der Waals surface area contributed by atoms with Crippen molar-refractivity contribution in [1.82, 2.24) is 0 Å². The fourth-order valence-electron chi connectivity index (χ4n) is 1.98. The monoisotopic (exact) mass is 417 g/mol. The zero-order chi connectivity index (χ0) is 15.6. The van der Waals surface area contributed by atoms with Crippen molar-refractivity contribution in [1.29, 1.82) is 0 Å². The summed E-state index contributed by atoms with van der Waals surface area (Å²) in [4.78, 5) is 0.140. The lowest BCUT2D eigenvalue weighted by molar-refractivity contribution is 0.303. The van der Waals surface area contributed by atoms with Crippen molar-refractivity contribution in [3.63, 3.8) is 0 Å². The van der Waals surface area contributed by atoms with E-state index in [-0.39, 0.29) is 4.90 Å². The van der Waals surface area contributed by atoms with Gasteiger partial charge in [-0.2, -0.15) is 0 Å². The Hall–Kier alpha value is -1.12. The number of benzene rings is 2. The lowest BCUT2D eigenvalue weighted by Gasteiger charge is -2.13. The molecule has 0 spiro atoms. The van der Waals surface area contributed by atoms with Crippen LogP contribution in [0.3, 0.4) is 0 Å². The van der Waals surface area contributed by atoms with E-state index < -0.39 is 10.0 Å². The van der Waals surface area contributed by atoms with Crippen LogP contribution in [-0.2, 0) is 16.6 Å². The van der Waals surface area contributed by atoms with Crippen LogP contribution in [0.25, 0.3) is 0 Å². The van der Waals surface area contributed by atoms with Crippen LogP contribution in [0.15, 0.2) is 41.3 Å². The summed E-state index contributed by atoms with van der Waals surface area (Å²) in [6.45, 7) is 3.99. The summed E-state index contributed by atoms with van der Waals surface area (Å²) in [6, 6.07) is 11.2. The van der Waals surface area contributed by atoms with Crippen LogP contribution >= 0.6 is 22.6 Å². The number of rotatable bonds is 4. The van der Waals surface area contributed by atoms with E-state index in [9.17, 15) is 8.42 Å². The second-order valence-electron chi connectivity index (χ2n) is 4.77. The molecule has 0 aromatic heterocycles. The van der Waals surface area contributed by atoms with Gasteiger partial charge in [-0.25, -0.2) is 13.6 Å². The molecule has 0 saturated carbocycles. The summed E-state index contributed by atoms with van der Waals surface area (Å²) in [5, 5.41) is 5.19. The molecule has 0 saturated heterocycles. The summed E-state index contributed by atoms with van der Waals surface area (Å²) in [6.07, 6.45) is 0. The predicted molar refractivity (Wildman–Crippen MR) is 90.8 cm³/mol. The van der Waals surface area contributed by atoms with Gasteiger partial charge in [0.05, 0.1) is 4.90 Å². The first-order valence-corrected chi connectivity index (χ1v) is 8.92. The molecule has 0 aliphatic rings. The van der Waals surface area contributed by atoms with Crippen LogP contribution in [0.2, 0.25) is 0 Å². The van der Waals surface area contributed by atoms with Gasteiger partial charge in [-0.1, -0.05) is 12.1 Å². The highest BCUT2D eigenvalue weighted by atomic mass is 127. The fourth-order valence-corrected chi connectivity index (χ4v) is 3.17. The van der Waals surface area contributed by atoms with Gasteiger partial charge >= 0.3 is 0 Å². The molecular formula is C15H16INO3S. The SMILES string of the molecule is Cc1c(OCc2ccc(I)cc2)ccc(S(N)(=O)=O)c1C. The lowest BCUT2D eigenvalue weighted by Crippen LogP contribution is -2.14. The average Bonchev–Trinajstić information content (AvgIpc) is 2.41. The van der Waals surface area contributed by atoms with Gasteiger partial charge in [-0.3, -0.25) is 0 Å². The maximum absolute atomic E-state index is 11.5. The molecule has 0 bridgehead atoms. The highest BCUT2D eigenvalue weighted by Crippen LogP contribution is 2.27. The normalized spacial score (nSPS) is 11.4. The first-order chi connectivity index (χ1) is 9.79. The largest absolute Gasteiger partial charge is 0.489 e. The molecule has 2 aromatic rings. The van der Waals surface area contributed by atoms with E-state index in [2.05, 4.69) is 22.6 Å². The molecule has 112 valence electrons. The first kappa shape index (κ1) is 16.3. The number of ether oxygens (including phenoxy) is 1. The summed E-state index contributed by atoms with van der Waals surface area (Å²) in [5.74, 6) is 0.665. The van der Waals surface area contributed by atoms with Gasteiger partial charge in [-0.15, -0.1) is 0 Å². The maximum Gasteiger partial charge on any atom is 0.238 e. The molecule has 2 aromatic carbocycles. The first-order valence-electron chi connectivity index (χ1n) is 6.29. The molecule has 21 heavy (non-hydrogen) atoms. The van der Waals surface area contributed by atoms with Crippen LogP contribution in [0.5, 0.6) is 5.75 Å². The quantitative estimate of drug-likeness (QED) is 0.778. The molecular weight excluding hydrogens is 401 g/mol. The van der Waals surface area contributed by atoms with Crippen molar-refractivity contribution in [2.75, 3.05) is 0 Å². The highest BCUT2D eigenvalue weighted by Gasteiger charge is 2.15. The number of sulfonamides is 1. The maximum atomic E-state index is 11.5. The Morgan fingerprint density at radius 2 is 1.67 bits per heavy atom. The number of hydrogen-bond donors (Lipinski definition) is 1. The van der Waals surface area contributed by atoms with E-state index in [1.54, 1.807) is 13.0 Å². The molecule has 0 heterocycles. The molecule has 0 aliphatic heterocycles. The lowest BCUT2D eigenvalue weighted by atomic mass is 10.1. The van der Waals surface area contributed by atoms with Crippen molar-refractivity contribution < 1.29 is 13.2 Å².